The molecule has 0 saturated heterocycles. The molecule has 0 aliphatic carbocycles. The van der Waals surface area contributed by atoms with Crippen molar-refractivity contribution in [3.8, 4) is 22.8 Å². The van der Waals surface area contributed by atoms with Crippen LogP contribution in [0.25, 0.3) is 11.3 Å². The molecule has 4 aromatic carbocycles. The third kappa shape index (κ3) is 6.23. The van der Waals surface area contributed by atoms with Gasteiger partial charge >= 0.3 is 5.97 Å². The van der Waals surface area contributed by atoms with E-state index in [1.165, 1.54) is 0 Å². The number of hydrazone groups is 1. The lowest BCUT2D eigenvalue weighted by molar-refractivity contribution is 0.0696. The van der Waals surface area contributed by atoms with Gasteiger partial charge in [0.25, 0.3) is 0 Å². The van der Waals surface area contributed by atoms with E-state index >= 15 is 0 Å². The number of rotatable bonds is 10. The first-order valence-corrected chi connectivity index (χ1v) is 12.9. The van der Waals surface area contributed by atoms with Crippen molar-refractivity contribution in [3.63, 3.8) is 0 Å². The number of carboxylic acid groups (broad SMARTS) is 1. The molecule has 1 heterocycles. The van der Waals surface area contributed by atoms with Crippen LogP contribution in [0.4, 0.5) is 5.82 Å². The number of hydrogen-bond acceptors (Lipinski definition) is 7. The number of aromatic carboxylic acids is 1. The van der Waals surface area contributed by atoms with Crippen molar-refractivity contribution in [2.24, 2.45) is 5.10 Å². The molecule has 204 valence electrons. The number of aromatic nitrogens is 2. The van der Waals surface area contributed by atoms with Crippen LogP contribution < -0.4 is 14.9 Å². The lowest BCUT2D eigenvalue weighted by Gasteiger charge is -2.14. The van der Waals surface area contributed by atoms with Crippen LogP contribution in [0.5, 0.6) is 11.5 Å². The molecular weight excluding hydrogens is 516 g/mol. The maximum atomic E-state index is 12.0. The van der Waals surface area contributed by atoms with Crippen molar-refractivity contribution >= 4 is 17.5 Å². The van der Waals surface area contributed by atoms with Gasteiger partial charge in [-0.25, -0.2) is 4.79 Å². The molecule has 0 fully saturated rings. The van der Waals surface area contributed by atoms with E-state index in [9.17, 15) is 9.90 Å². The summed E-state index contributed by atoms with van der Waals surface area (Å²) in [6.07, 6.45) is 0.493. The molecule has 8 nitrogen and oxygen atoms in total. The minimum Gasteiger partial charge on any atom is -0.497 e. The van der Waals surface area contributed by atoms with Crippen molar-refractivity contribution in [3.05, 3.63) is 137 Å². The molecule has 41 heavy (non-hydrogen) atoms. The lowest BCUT2D eigenvalue weighted by atomic mass is 9.97. The maximum Gasteiger partial charge on any atom is 0.336 e. The Morgan fingerprint density at radius 1 is 0.780 bits per heavy atom. The topological polar surface area (TPSA) is 106 Å². The number of nitrogens with zero attached hydrogens (tertiary/aromatic N) is 3. The van der Waals surface area contributed by atoms with Crippen LogP contribution in [0.15, 0.2) is 114 Å². The summed E-state index contributed by atoms with van der Waals surface area (Å²) in [5.74, 6) is 0.905. The van der Waals surface area contributed by atoms with E-state index in [1.807, 2.05) is 84.9 Å². The monoisotopic (exact) mass is 544 g/mol. The van der Waals surface area contributed by atoms with Crippen LogP contribution in [-0.2, 0) is 6.42 Å². The van der Waals surface area contributed by atoms with E-state index in [0.717, 1.165) is 33.8 Å². The number of benzene rings is 4. The van der Waals surface area contributed by atoms with Crippen molar-refractivity contribution in [1.82, 2.24) is 10.2 Å². The fourth-order valence-corrected chi connectivity index (χ4v) is 4.48. The highest BCUT2D eigenvalue weighted by molar-refractivity contribution is 6.17. The highest BCUT2D eigenvalue weighted by Gasteiger charge is 2.17. The van der Waals surface area contributed by atoms with Gasteiger partial charge in [-0.3, -0.25) is 5.43 Å². The van der Waals surface area contributed by atoms with Gasteiger partial charge in [0.1, 0.15) is 11.5 Å². The Bertz CT molecular complexity index is 1690. The average Bonchev–Trinajstić information content (AvgIpc) is 3.02. The molecule has 0 unspecified atom stereocenters. The summed E-state index contributed by atoms with van der Waals surface area (Å²) < 4.78 is 10.9. The highest BCUT2D eigenvalue weighted by atomic mass is 16.5. The molecule has 0 amide bonds. The van der Waals surface area contributed by atoms with E-state index in [2.05, 4.69) is 15.6 Å². The van der Waals surface area contributed by atoms with Gasteiger partial charge in [0.2, 0.25) is 0 Å². The van der Waals surface area contributed by atoms with E-state index < -0.39 is 5.97 Å². The number of methoxy groups -OCH3 is 2. The normalized spacial score (nSPS) is 11.1. The SMILES string of the molecule is COc1ccc(-c2cc(Cc3ccccc3OC)c(N/N=C(\c3ccccc3)c3ccccc3C(=O)O)nn2)cc1. The number of anilines is 1. The summed E-state index contributed by atoms with van der Waals surface area (Å²) in [4.78, 5) is 12.0. The third-order valence-electron chi connectivity index (χ3n) is 6.57. The summed E-state index contributed by atoms with van der Waals surface area (Å²) in [6, 6.07) is 33.6. The Morgan fingerprint density at radius 3 is 2.17 bits per heavy atom. The average molecular weight is 545 g/mol. The van der Waals surface area contributed by atoms with E-state index in [1.54, 1.807) is 38.5 Å². The molecule has 8 heteroatoms. The standard InChI is InChI=1S/C33H28N4O4/c1-40-26-18-16-22(17-19-26)29-21-25(20-24-12-6-9-15-30(24)41-2)32(36-34-29)37-35-31(23-10-4-3-5-11-23)27-13-7-8-14-28(27)33(38)39/h3-19,21H,20H2,1-2H3,(H,36,37)(H,38,39)/b35-31+. The van der Waals surface area contributed by atoms with Crippen molar-refractivity contribution in [1.29, 1.82) is 0 Å². The fourth-order valence-electron chi connectivity index (χ4n) is 4.48. The Balaban J connectivity index is 1.60. The molecule has 0 aliphatic rings. The number of carboxylic acids is 1. The van der Waals surface area contributed by atoms with Crippen LogP contribution in [0, 0.1) is 0 Å². The van der Waals surface area contributed by atoms with Crippen LogP contribution in [0.1, 0.15) is 32.6 Å². The molecule has 0 radical (unpaired) electrons. The molecule has 0 bridgehead atoms. The van der Waals surface area contributed by atoms with E-state index in [0.29, 0.717) is 29.2 Å². The number of ether oxygens (including phenoxy) is 2. The minimum atomic E-state index is -1.04. The Morgan fingerprint density at radius 2 is 1.46 bits per heavy atom. The Labute approximate surface area is 237 Å². The summed E-state index contributed by atoms with van der Waals surface area (Å²) >= 11 is 0. The smallest absolute Gasteiger partial charge is 0.336 e. The van der Waals surface area contributed by atoms with Crippen LogP contribution >= 0.6 is 0 Å². The van der Waals surface area contributed by atoms with Crippen LogP contribution in [-0.4, -0.2) is 41.2 Å². The first kappa shape index (κ1) is 27.1. The van der Waals surface area contributed by atoms with Gasteiger partial charge in [0.15, 0.2) is 5.82 Å². The van der Waals surface area contributed by atoms with E-state index in [-0.39, 0.29) is 5.56 Å². The van der Waals surface area contributed by atoms with Gasteiger partial charge < -0.3 is 14.6 Å². The number of para-hydroxylation sites is 1. The second kappa shape index (κ2) is 12.6. The molecule has 2 N–H and O–H groups in total. The zero-order chi connectivity index (χ0) is 28.6. The van der Waals surface area contributed by atoms with Crippen LogP contribution in [0.3, 0.4) is 0 Å². The molecule has 0 saturated carbocycles. The molecule has 0 atom stereocenters. The van der Waals surface area contributed by atoms with Crippen molar-refractivity contribution < 1.29 is 19.4 Å². The zero-order valence-corrected chi connectivity index (χ0v) is 22.6. The van der Waals surface area contributed by atoms with Crippen molar-refractivity contribution in [2.75, 3.05) is 19.6 Å². The Hall–Kier alpha value is -5.50. The lowest BCUT2D eigenvalue weighted by Crippen LogP contribution is -2.13. The van der Waals surface area contributed by atoms with Gasteiger partial charge in [0.05, 0.1) is 31.2 Å². The molecule has 5 rings (SSSR count). The van der Waals surface area contributed by atoms with Gasteiger partial charge in [-0.15, -0.1) is 10.2 Å². The van der Waals surface area contributed by atoms with E-state index in [4.69, 9.17) is 14.6 Å². The number of hydrogen-bond donors (Lipinski definition) is 2. The fraction of sp³-hybridized carbons (Fsp3) is 0.0909. The number of nitrogens with one attached hydrogen (secondary N) is 1. The quantitative estimate of drug-likeness (QED) is 0.157. The zero-order valence-electron chi connectivity index (χ0n) is 22.6. The summed E-state index contributed by atoms with van der Waals surface area (Å²) in [7, 11) is 3.27. The van der Waals surface area contributed by atoms with Gasteiger partial charge in [0, 0.05) is 28.7 Å². The first-order valence-electron chi connectivity index (χ1n) is 12.9. The predicted molar refractivity (Wildman–Crippen MR) is 159 cm³/mol. The highest BCUT2D eigenvalue weighted by Crippen LogP contribution is 2.28. The minimum absolute atomic E-state index is 0.145. The van der Waals surface area contributed by atoms with Crippen LogP contribution in [0.2, 0.25) is 0 Å². The summed E-state index contributed by atoms with van der Waals surface area (Å²) in [5, 5.41) is 23.5. The largest absolute Gasteiger partial charge is 0.497 e. The van der Waals surface area contributed by atoms with Gasteiger partial charge in [-0.2, -0.15) is 5.10 Å². The molecule has 1 aromatic heterocycles. The number of carbonyl (C=O) groups is 1. The summed E-state index contributed by atoms with van der Waals surface area (Å²) in [5.41, 5.74) is 8.31. The second-order valence-corrected chi connectivity index (χ2v) is 9.11. The molecule has 0 aliphatic heterocycles. The molecule has 0 spiro atoms. The van der Waals surface area contributed by atoms with Gasteiger partial charge in [-0.05, 0) is 48.0 Å². The maximum absolute atomic E-state index is 12.0. The first-order chi connectivity index (χ1) is 20.1. The molecule has 5 aromatic rings. The predicted octanol–water partition coefficient (Wildman–Crippen LogP) is 6.31. The Kier molecular flexibility index (Phi) is 8.30. The van der Waals surface area contributed by atoms with Crippen molar-refractivity contribution in [2.45, 2.75) is 6.42 Å². The third-order valence-corrected chi connectivity index (χ3v) is 6.57. The second-order valence-electron chi connectivity index (χ2n) is 9.11. The molecular formula is C33H28N4O4. The summed E-state index contributed by atoms with van der Waals surface area (Å²) in [6.45, 7) is 0. The van der Waals surface area contributed by atoms with Gasteiger partial charge in [-0.1, -0.05) is 66.7 Å².